The summed E-state index contributed by atoms with van der Waals surface area (Å²) < 4.78 is 9.26. The minimum absolute atomic E-state index is 0.165. The molecule has 1 rings (SSSR count). The van der Waals surface area contributed by atoms with Crippen LogP contribution < -0.4 is 0 Å². The van der Waals surface area contributed by atoms with Gasteiger partial charge in [0.05, 0.1) is 6.61 Å². The van der Waals surface area contributed by atoms with Gasteiger partial charge in [0.15, 0.2) is 5.16 Å². The van der Waals surface area contributed by atoms with Gasteiger partial charge in [-0.15, -0.1) is 0 Å². The van der Waals surface area contributed by atoms with Crippen molar-refractivity contribution in [1.29, 1.82) is 0 Å². The van der Waals surface area contributed by atoms with Crippen LogP contribution in [0.25, 0.3) is 0 Å². The van der Waals surface area contributed by atoms with E-state index in [1.54, 1.807) is 13.8 Å². The number of rotatable bonds is 4. The minimum atomic E-state index is -0.727. The van der Waals surface area contributed by atoms with Crippen molar-refractivity contribution in [3.8, 4) is 0 Å². The first kappa shape index (κ1) is 11.2. The van der Waals surface area contributed by atoms with Crippen molar-refractivity contribution in [3.05, 3.63) is 21.4 Å². The molecule has 0 unspecified atom stereocenters. The molecule has 0 aliphatic heterocycles. The van der Waals surface area contributed by atoms with E-state index in [2.05, 4.69) is 14.4 Å². The molecule has 15 heavy (non-hydrogen) atoms. The molecule has 0 saturated heterocycles. The molecule has 7 nitrogen and oxygen atoms in total. The smallest absolute Gasteiger partial charge is 0.417 e. The van der Waals surface area contributed by atoms with Crippen LogP contribution in [0.3, 0.4) is 0 Å². The lowest BCUT2D eigenvalue weighted by atomic mass is 10.2. The van der Waals surface area contributed by atoms with Crippen LogP contribution in [0.2, 0.25) is 0 Å². The van der Waals surface area contributed by atoms with E-state index in [-0.39, 0.29) is 24.4 Å². The molecule has 0 radical (unpaired) electrons. The lowest BCUT2D eigenvalue weighted by Crippen LogP contribution is -2.06. The standard InChI is InChI=1S/C8H10N2O5/c1-3-5-6(8(11)14-4-2)15-9-7(5)10(12)13/h3-4H2,1-2H3. The monoisotopic (exact) mass is 214 g/mol. The molecule has 0 aromatic carbocycles. The zero-order valence-corrected chi connectivity index (χ0v) is 8.35. The van der Waals surface area contributed by atoms with Crippen LogP contribution in [0, 0.1) is 10.1 Å². The summed E-state index contributed by atoms with van der Waals surface area (Å²) in [5, 5.41) is 13.7. The number of esters is 1. The second-order valence-corrected chi connectivity index (χ2v) is 2.64. The number of aromatic nitrogens is 1. The summed E-state index contributed by atoms with van der Waals surface area (Å²) >= 11 is 0. The molecule has 7 heteroatoms. The van der Waals surface area contributed by atoms with Crippen molar-refractivity contribution in [2.75, 3.05) is 6.61 Å². The van der Waals surface area contributed by atoms with Crippen LogP contribution in [-0.4, -0.2) is 22.7 Å². The van der Waals surface area contributed by atoms with E-state index in [0.717, 1.165) is 0 Å². The number of ether oxygens (including phenoxy) is 1. The second-order valence-electron chi connectivity index (χ2n) is 2.64. The Morgan fingerprint density at radius 1 is 1.60 bits per heavy atom. The first-order chi connectivity index (χ1) is 7.11. The summed E-state index contributed by atoms with van der Waals surface area (Å²) in [4.78, 5) is 21.1. The van der Waals surface area contributed by atoms with E-state index in [0.29, 0.717) is 0 Å². The molecule has 0 amide bonds. The van der Waals surface area contributed by atoms with Crippen molar-refractivity contribution in [1.82, 2.24) is 5.16 Å². The third-order valence-electron chi connectivity index (χ3n) is 1.75. The molecule has 1 aromatic rings. The molecule has 0 saturated carbocycles. The lowest BCUT2D eigenvalue weighted by Gasteiger charge is -1.97. The van der Waals surface area contributed by atoms with Gasteiger partial charge in [0.25, 0.3) is 5.76 Å². The van der Waals surface area contributed by atoms with Gasteiger partial charge in [0, 0.05) is 0 Å². The molecule has 0 aliphatic rings. The Hall–Kier alpha value is -1.92. The number of carbonyl (C=O) groups is 1. The maximum atomic E-state index is 11.3. The quantitative estimate of drug-likeness (QED) is 0.426. The van der Waals surface area contributed by atoms with Gasteiger partial charge in [-0.05, 0) is 18.3 Å². The maximum Gasteiger partial charge on any atom is 0.417 e. The van der Waals surface area contributed by atoms with Gasteiger partial charge in [-0.2, -0.15) is 0 Å². The Morgan fingerprint density at radius 3 is 2.73 bits per heavy atom. The van der Waals surface area contributed by atoms with Crippen molar-refractivity contribution in [3.63, 3.8) is 0 Å². The van der Waals surface area contributed by atoms with Crippen molar-refractivity contribution < 1.29 is 19.0 Å². The Balaban J connectivity index is 3.09. The largest absolute Gasteiger partial charge is 0.460 e. The number of nitrogens with zero attached hydrogens (tertiary/aromatic N) is 2. The summed E-state index contributed by atoms with van der Waals surface area (Å²) in [6, 6.07) is 0. The molecule has 1 heterocycles. The number of nitro groups is 1. The van der Waals surface area contributed by atoms with Gasteiger partial charge in [-0.3, -0.25) is 0 Å². The van der Waals surface area contributed by atoms with Crippen LogP contribution >= 0.6 is 0 Å². The normalized spacial score (nSPS) is 10.0. The molecule has 0 spiro atoms. The highest BCUT2D eigenvalue weighted by Crippen LogP contribution is 2.22. The lowest BCUT2D eigenvalue weighted by molar-refractivity contribution is -0.391. The van der Waals surface area contributed by atoms with Gasteiger partial charge in [-0.1, -0.05) is 6.92 Å². The number of carbonyl (C=O) groups excluding carboxylic acids is 1. The predicted molar refractivity (Wildman–Crippen MR) is 48.5 cm³/mol. The van der Waals surface area contributed by atoms with E-state index < -0.39 is 16.7 Å². The highest BCUT2D eigenvalue weighted by atomic mass is 16.6. The highest BCUT2D eigenvalue weighted by molar-refractivity contribution is 5.88. The van der Waals surface area contributed by atoms with Crippen LogP contribution in [-0.2, 0) is 11.2 Å². The molecular formula is C8H10N2O5. The Labute approximate surface area is 85.1 Å². The molecule has 0 fully saturated rings. The summed E-state index contributed by atoms with van der Waals surface area (Å²) in [5.74, 6) is -1.35. The zero-order chi connectivity index (χ0) is 11.4. The molecule has 0 aliphatic carbocycles. The summed E-state index contributed by atoms with van der Waals surface area (Å²) in [5.41, 5.74) is 0.165. The molecular weight excluding hydrogens is 204 g/mol. The average Bonchev–Trinajstić information content (AvgIpc) is 2.61. The first-order valence-electron chi connectivity index (χ1n) is 4.41. The Morgan fingerprint density at radius 2 is 2.27 bits per heavy atom. The fourth-order valence-electron chi connectivity index (χ4n) is 1.12. The van der Waals surface area contributed by atoms with Gasteiger partial charge < -0.3 is 14.9 Å². The van der Waals surface area contributed by atoms with Gasteiger partial charge >= 0.3 is 11.8 Å². The van der Waals surface area contributed by atoms with Crippen LogP contribution in [0.5, 0.6) is 0 Å². The molecule has 0 N–H and O–H groups in total. The fraction of sp³-hybridized carbons (Fsp3) is 0.500. The first-order valence-corrected chi connectivity index (χ1v) is 4.41. The zero-order valence-electron chi connectivity index (χ0n) is 8.35. The van der Waals surface area contributed by atoms with Gasteiger partial charge in [0.1, 0.15) is 5.56 Å². The third kappa shape index (κ3) is 2.12. The van der Waals surface area contributed by atoms with E-state index >= 15 is 0 Å². The van der Waals surface area contributed by atoms with Crippen LogP contribution in [0.4, 0.5) is 5.82 Å². The van der Waals surface area contributed by atoms with Crippen molar-refractivity contribution in [2.24, 2.45) is 0 Å². The molecule has 1 aromatic heterocycles. The maximum absolute atomic E-state index is 11.3. The van der Waals surface area contributed by atoms with Crippen LogP contribution in [0.15, 0.2) is 4.52 Å². The summed E-state index contributed by atoms with van der Waals surface area (Å²) in [6.45, 7) is 3.48. The number of hydrogen-bond donors (Lipinski definition) is 0. The SMILES string of the molecule is CCOC(=O)c1onc([N+](=O)[O-])c1CC. The highest BCUT2D eigenvalue weighted by Gasteiger charge is 2.30. The molecule has 0 bridgehead atoms. The van der Waals surface area contributed by atoms with E-state index in [1.165, 1.54) is 0 Å². The summed E-state index contributed by atoms with van der Waals surface area (Å²) in [7, 11) is 0. The van der Waals surface area contributed by atoms with E-state index in [1.807, 2.05) is 0 Å². The topological polar surface area (TPSA) is 95.5 Å². The summed E-state index contributed by atoms with van der Waals surface area (Å²) in [6.07, 6.45) is 0.286. The Bertz CT molecular complexity index is 384. The minimum Gasteiger partial charge on any atom is -0.460 e. The molecule has 0 atom stereocenters. The van der Waals surface area contributed by atoms with Crippen molar-refractivity contribution >= 4 is 11.8 Å². The van der Waals surface area contributed by atoms with Gasteiger partial charge in [-0.25, -0.2) is 9.32 Å². The van der Waals surface area contributed by atoms with E-state index in [4.69, 9.17) is 0 Å². The Kier molecular flexibility index (Phi) is 3.37. The number of hydrogen-bond acceptors (Lipinski definition) is 6. The van der Waals surface area contributed by atoms with Gasteiger partial charge in [0.2, 0.25) is 0 Å². The average molecular weight is 214 g/mol. The fourth-order valence-corrected chi connectivity index (χ4v) is 1.12. The van der Waals surface area contributed by atoms with Crippen LogP contribution in [0.1, 0.15) is 30.0 Å². The predicted octanol–water partition coefficient (Wildman–Crippen LogP) is 1.32. The second kappa shape index (κ2) is 4.54. The van der Waals surface area contributed by atoms with E-state index in [9.17, 15) is 14.9 Å². The van der Waals surface area contributed by atoms with Crippen molar-refractivity contribution in [2.45, 2.75) is 20.3 Å². The third-order valence-corrected chi connectivity index (χ3v) is 1.75. The molecule has 82 valence electrons.